The summed E-state index contributed by atoms with van der Waals surface area (Å²) < 4.78 is 25.8. The molecule has 1 aromatic heterocycles. The first-order valence-electron chi connectivity index (χ1n) is 6.60. The van der Waals surface area contributed by atoms with E-state index in [9.17, 15) is 9.18 Å². The predicted molar refractivity (Wildman–Crippen MR) is 74.6 cm³/mol. The van der Waals surface area contributed by atoms with Crippen molar-refractivity contribution < 1.29 is 18.7 Å². The molecular weight excluding hydrogens is 275 g/mol. The van der Waals surface area contributed by atoms with Crippen molar-refractivity contribution in [2.24, 2.45) is 7.05 Å². The molecule has 5 nitrogen and oxygen atoms in total. The van der Waals surface area contributed by atoms with Gasteiger partial charge in [0, 0.05) is 7.05 Å². The van der Waals surface area contributed by atoms with Gasteiger partial charge in [-0.25, -0.2) is 9.18 Å². The van der Waals surface area contributed by atoms with Gasteiger partial charge in [-0.2, -0.15) is 5.10 Å². The minimum absolute atomic E-state index is 0.0328. The highest BCUT2D eigenvalue weighted by Gasteiger charge is 2.18. The van der Waals surface area contributed by atoms with Crippen LogP contribution in [0.1, 0.15) is 28.5 Å². The molecule has 1 aromatic carbocycles. The first kappa shape index (κ1) is 15.0. The van der Waals surface area contributed by atoms with Crippen LogP contribution in [0.25, 0.3) is 0 Å². The third-order valence-electron chi connectivity index (χ3n) is 3.08. The Morgan fingerprint density at radius 3 is 2.90 bits per heavy atom. The number of benzene rings is 1. The van der Waals surface area contributed by atoms with Gasteiger partial charge in [0.1, 0.15) is 12.2 Å². The number of rotatable bonds is 5. The highest BCUT2D eigenvalue weighted by molar-refractivity contribution is 5.90. The van der Waals surface area contributed by atoms with Crippen molar-refractivity contribution >= 4 is 5.97 Å². The third-order valence-corrected chi connectivity index (χ3v) is 3.08. The molecule has 0 radical (unpaired) electrons. The summed E-state index contributed by atoms with van der Waals surface area (Å²) >= 11 is 0. The fourth-order valence-corrected chi connectivity index (χ4v) is 1.89. The average Bonchev–Trinajstić information content (AvgIpc) is 2.82. The normalized spacial score (nSPS) is 10.5. The van der Waals surface area contributed by atoms with E-state index >= 15 is 0 Å². The Labute approximate surface area is 122 Å². The van der Waals surface area contributed by atoms with Crippen LogP contribution in [0.15, 0.2) is 24.4 Å². The van der Waals surface area contributed by atoms with E-state index in [0.29, 0.717) is 16.8 Å². The van der Waals surface area contributed by atoms with Gasteiger partial charge in [0.05, 0.1) is 18.5 Å². The van der Waals surface area contributed by atoms with Gasteiger partial charge in [-0.15, -0.1) is 0 Å². The number of aromatic nitrogens is 2. The van der Waals surface area contributed by atoms with E-state index in [2.05, 4.69) is 5.10 Å². The lowest BCUT2D eigenvalue weighted by atomic mass is 10.2. The van der Waals surface area contributed by atoms with E-state index in [1.165, 1.54) is 10.9 Å². The molecule has 0 amide bonds. The molecule has 6 heteroatoms. The lowest BCUT2D eigenvalue weighted by Crippen LogP contribution is -2.11. The van der Waals surface area contributed by atoms with E-state index in [1.54, 1.807) is 39.1 Å². The molecule has 0 bridgehead atoms. The van der Waals surface area contributed by atoms with Crippen molar-refractivity contribution in [2.75, 3.05) is 6.61 Å². The minimum Gasteiger partial charge on any atom is -0.484 e. The van der Waals surface area contributed by atoms with Crippen LogP contribution >= 0.6 is 0 Å². The van der Waals surface area contributed by atoms with Crippen molar-refractivity contribution in [2.45, 2.75) is 20.5 Å². The minimum atomic E-state index is -0.464. The number of carbonyl (C=O) groups excluding carboxylic acids is 1. The number of hydrogen-bond acceptors (Lipinski definition) is 4. The maximum atomic E-state index is 13.9. The summed E-state index contributed by atoms with van der Waals surface area (Å²) in [5.41, 5.74) is 1.37. The number of halogens is 1. The van der Waals surface area contributed by atoms with Crippen molar-refractivity contribution in [3.8, 4) is 5.75 Å². The van der Waals surface area contributed by atoms with E-state index in [1.807, 2.05) is 0 Å². The molecule has 0 aliphatic rings. The van der Waals surface area contributed by atoms with E-state index in [4.69, 9.17) is 9.47 Å². The SMILES string of the molecule is CCOC(=O)c1cnn(C)c1COc1cccc(C)c1F. The van der Waals surface area contributed by atoms with Gasteiger partial charge in [-0.3, -0.25) is 4.68 Å². The van der Waals surface area contributed by atoms with E-state index in [0.717, 1.165) is 0 Å². The van der Waals surface area contributed by atoms with Crippen LogP contribution in [-0.4, -0.2) is 22.4 Å². The van der Waals surface area contributed by atoms with Crippen LogP contribution in [0.4, 0.5) is 4.39 Å². The zero-order valence-electron chi connectivity index (χ0n) is 12.2. The molecule has 0 spiro atoms. The number of nitrogens with zero attached hydrogens (tertiary/aromatic N) is 2. The van der Waals surface area contributed by atoms with Crippen molar-refractivity contribution in [1.29, 1.82) is 0 Å². The highest BCUT2D eigenvalue weighted by Crippen LogP contribution is 2.21. The molecule has 0 fully saturated rings. The van der Waals surface area contributed by atoms with Crippen molar-refractivity contribution in [3.63, 3.8) is 0 Å². The summed E-state index contributed by atoms with van der Waals surface area (Å²) in [7, 11) is 1.69. The quantitative estimate of drug-likeness (QED) is 0.795. The molecule has 21 heavy (non-hydrogen) atoms. The molecule has 0 saturated carbocycles. The second-order valence-electron chi connectivity index (χ2n) is 4.52. The molecule has 0 atom stereocenters. The molecule has 0 saturated heterocycles. The fourth-order valence-electron chi connectivity index (χ4n) is 1.89. The van der Waals surface area contributed by atoms with Crippen LogP contribution in [0.3, 0.4) is 0 Å². The Bertz CT molecular complexity index is 652. The monoisotopic (exact) mass is 292 g/mol. The molecule has 0 aliphatic carbocycles. The Morgan fingerprint density at radius 1 is 1.43 bits per heavy atom. The second-order valence-corrected chi connectivity index (χ2v) is 4.52. The number of carbonyl (C=O) groups is 1. The maximum absolute atomic E-state index is 13.9. The van der Waals surface area contributed by atoms with Gasteiger partial charge in [-0.1, -0.05) is 12.1 Å². The van der Waals surface area contributed by atoms with Gasteiger partial charge in [0.25, 0.3) is 0 Å². The second kappa shape index (κ2) is 6.39. The van der Waals surface area contributed by atoms with E-state index < -0.39 is 11.8 Å². The lowest BCUT2D eigenvalue weighted by molar-refractivity contribution is 0.0523. The highest BCUT2D eigenvalue weighted by atomic mass is 19.1. The van der Waals surface area contributed by atoms with E-state index in [-0.39, 0.29) is 19.0 Å². The van der Waals surface area contributed by atoms with Crippen LogP contribution in [0.5, 0.6) is 5.75 Å². The predicted octanol–water partition coefficient (Wildman–Crippen LogP) is 2.62. The first-order chi connectivity index (χ1) is 10.0. The Hall–Kier alpha value is -2.37. The largest absolute Gasteiger partial charge is 0.484 e. The molecule has 0 unspecified atom stereocenters. The van der Waals surface area contributed by atoms with Gasteiger partial charge >= 0.3 is 5.97 Å². The summed E-state index contributed by atoms with van der Waals surface area (Å²) in [6, 6.07) is 4.92. The zero-order valence-corrected chi connectivity index (χ0v) is 12.2. The van der Waals surface area contributed by atoms with Gasteiger partial charge in [0.2, 0.25) is 0 Å². The summed E-state index contributed by atoms with van der Waals surface area (Å²) in [5, 5.41) is 4.01. The molecule has 1 heterocycles. The topological polar surface area (TPSA) is 53.3 Å². The molecule has 2 rings (SSSR count). The van der Waals surface area contributed by atoms with Crippen LogP contribution in [0, 0.1) is 12.7 Å². The molecule has 112 valence electrons. The number of ether oxygens (including phenoxy) is 2. The molecular formula is C15H17FN2O3. The zero-order chi connectivity index (χ0) is 15.4. The Kier molecular flexibility index (Phi) is 4.57. The third kappa shape index (κ3) is 3.21. The molecule has 0 N–H and O–H groups in total. The van der Waals surface area contributed by atoms with Crippen molar-refractivity contribution in [1.82, 2.24) is 9.78 Å². The summed E-state index contributed by atoms with van der Waals surface area (Å²) in [4.78, 5) is 11.8. The Morgan fingerprint density at radius 2 is 2.19 bits per heavy atom. The maximum Gasteiger partial charge on any atom is 0.341 e. The lowest BCUT2D eigenvalue weighted by Gasteiger charge is -2.10. The average molecular weight is 292 g/mol. The van der Waals surface area contributed by atoms with Gasteiger partial charge in [-0.05, 0) is 25.5 Å². The van der Waals surface area contributed by atoms with Crippen LogP contribution < -0.4 is 4.74 Å². The van der Waals surface area contributed by atoms with Crippen LogP contribution in [0.2, 0.25) is 0 Å². The van der Waals surface area contributed by atoms with Crippen molar-refractivity contribution in [3.05, 3.63) is 47.0 Å². The number of aryl methyl sites for hydroxylation is 2. The first-order valence-corrected chi connectivity index (χ1v) is 6.60. The smallest absolute Gasteiger partial charge is 0.341 e. The fraction of sp³-hybridized carbons (Fsp3) is 0.333. The summed E-state index contributed by atoms with van der Waals surface area (Å²) in [5.74, 6) is -0.725. The Balaban J connectivity index is 2.18. The number of esters is 1. The van der Waals surface area contributed by atoms with Gasteiger partial charge in [0.15, 0.2) is 11.6 Å². The number of hydrogen-bond donors (Lipinski definition) is 0. The summed E-state index contributed by atoms with van der Waals surface area (Å²) in [6.45, 7) is 3.70. The van der Waals surface area contributed by atoms with Gasteiger partial charge < -0.3 is 9.47 Å². The van der Waals surface area contributed by atoms with Crippen LogP contribution in [-0.2, 0) is 18.4 Å². The standard InChI is InChI=1S/C15H17FN2O3/c1-4-20-15(19)11-8-17-18(3)12(11)9-21-13-7-5-6-10(2)14(13)16/h5-8H,4,9H2,1-3H3. The molecule has 0 aliphatic heterocycles. The summed E-state index contributed by atoms with van der Waals surface area (Å²) in [6.07, 6.45) is 1.42. The molecule has 2 aromatic rings.